The Hall–Kier alpha value is -0.160. The fraction of sp³-hybridized carbons (Fsp3) is 1.00. The molecular weight excluding hydrogens is 216 g/mol. The number of nitrogens with two attached hydrogens (primary N) is 1. The number of hydrogen-bond acceptors (Lipinski definition) is 4. The zero-order valence-electron chi connectivity index (χ0n) is 11.9. The molecule has 0 fully saturated rings. The Bertz CT molecular complexity index is 165. The molecule has 4 nitrogen and oxygen atoms in total. The van der Waals surface area contributed by atoms with Crippen LogP contribution < -0.4 is 5.73 Å². The van der Waals surface area contributed by atoms with Crippen molar-refractivity contribution < 1.29 is 9.47 Å². The Morgan fingerprint density at radius 2 is 1.94 bits per heavy atom. The number of rotatable bonds is 11. The highest BCUT2D eigenvalue weighted by molar-refractivity contribution is 4.69. The molecule has 2 atom stereocenters. The van der Waals surface area contributed by atoms with E-state index in [0.717, 1.165) is 39.1 Å². The molecule has 0 aromatic carbocycles. The minimum absolute atomic E-state index is 0.189. The second-order valence-electron chi connectivity index (χ2n) is 4.39. The van der Waals surface area contributed by atoms with Crippen LogP contribution in [0.3, 0.4) is 0 Å². The monoisotopic (exact) mass is 246 g/mol. The van der Waals surface area contributed by atoms with Crippen LogP contribution in [0.4, 0.5) is 0 Å². The molecule has 4 heteroatoms. The average Bonchev–Trinajstić information content (AvgIpc) is 2.36. The Labute approximate surface area is 106 Å². The first-order valence-electron chi connectivity index (χ1n) is 6.74. The Morgan fingerprint density at radius 1 is 1.24 bits per heavy atom. The van der Waals surface area contributed by atoms with Crippen LogP contribution >= 0.6 is 0 Å². The number of nitrogens with zero attached hydrogens (tertiary/aromatic N) is 1. The highest BCUT2D eigenvalue weighted by atomic mass is 16.5. The van der Waals surface area contributed by atoms with Gasteiger partial charge in [0.05, 0.1) is 12.7 Å². The van der Waals surface area contributed by atoms with Gasteiger partial charge < -0.3 is 15.2 Å². The van der Waals surface area contributed by atoms with Crippen LogP contribution in [0.2, 0.25) is 0 Å². The van der Waals surface area contributed by atoms with Crippen molar-refractivity contribution in [3.8, 4) is 0 Å². The summed E-state index contributed by atoms with van der Waals surface area (Å²) >= 11 is 0. The van der Waals surface area contributed by atoms with Gasteiger partial charge >= 0.3 is 0 Å². The predicted octanol–water partition coefficient (Wildman–Crippen LogP) is 1.49. The lowest BCUT2D eigenvalue weighted by Gasteiger charge is -2.29. The van der Waals surface area contributed by atoms with Crippen molar-refractivity contribution in [3.63, 3.8) is 0 Å². The maximum absolute atomic E-state index is 5.69. The molecule has 17 heavy (non-hydrogen) atoms. The van der Waals surface area contributed by atoms with E-state index in [1.807, 2.05) is 6.92 Å². The molecule has 0 saturated carbocycles. The molecule has 104 valence electrons. The number of methoxy groups -OCH3 is 1. The van der Waals surface area contributed by atoms with Crippen molar-refractivity contribution in [2.45, 2.75) is 45.8 Å². The Kier molecular flexibility index (Phi) is 10.9. The van der Waals surface area contributed by atoms with Crippen LogP contribution in [0.5, 0.6) is 0 Å². The van der Waals surface area contributed by atoms with E-state index in [1.54, 1.807) is 7.11 Å². The molecule has 0 bridgehead atoms. The lowest BCUT2D eigenvalue weighted by molar-refractivity contribution is 0.0455. The van der Waals surface area contributed by atoms with Crippen molar-refractivity contribution in [2.24, 2.45) is 5.73 Å². The third-order valence-corrected chi connectivity index (χ3v) is 3.20. The summed E-state index contributed by atoms with van der Waals surface area (Å²) < 4.78 is 10.7. The first-order chi connectivity index (χ1) is 8.19. The van der Waals surface area contributed by atoms with Crippen LogP contribution in [-0.2, 0) is 9.47 Å². The Balaban J connectivity index is 4.03. The summed E-state index contributed by atoms with van der Waals surface area (Å²) in [4.78, 5) is 2.45. The third-order valence-electron chi connectivity index (χ3n) is 3.20. The minimum atomic E-state index is 0.189. The molecule has 0 aromatic rings. The van der Waals surface area contributed by atoms with Crippen molar-refractivity contribution in [2.75, 3.05) is 40.0 Å². The fourth-order valence-corrected chi connectivity index (χ4v) is 1.83. The molecule has 0 radical (unpaired) electrons. The topological polar surface area (TPSA) is 47.7 Å². The van der Waals surface area contributed by atoms with E-state index in [2.05, 4.69) is 18.7 Å². The van der Waals surface area contributed by atoms with Gasteiger partial charge in [0, 0.05) is 39.4 Å². The van der Waals surface area contributed by atoms with E-state index in [-0.39, 0.29) is 6.10 Å². The van der Waals surface area contributed by atoms with Gasteiger partial charge in [-0.3, -0.25) is 4.90 Å². The van der Waals surface area contributed by atoms with E-state index in [9.17, 15) is 0 Å². The summed E-state index contributed by atoms with van der Waals surface area (Å²) in [7, 11) is 1.75. The van der Waals surface area contributed by atoms with E-state index in [0.29, 0.717) is 12.6 Å². The van der Waals surface area contributed by atoms with Gasteiger partial charge in [0.25, 0.3) is 0 Å². The molecule has 0 aliphatic rings. The molecule has 0 heterocycles. The summed E-state index contributed by atoms with van der Waals surface area (Å²) in [5.74, 6) is 0. The quantitative estimate of drug-likeness (QED) is 0.600. The maximum Gasteiger partial charge on any atom is 0.0709 e. The molecule has 0 rings (SSSR count). The summed E-state index contributed by atoms with van der Waals surface area (Å²) in [6.45, 7) is 10.6. The van der Waals surface area contributed by atoms with E-state index < -0.39 is 0 Å². The van der Waals surface area contributed by atoms with Gasteiger partial charge in [0.1, 0.15) is 0 Å². The van der Waals surface area contributed by atoms with E-state index >= 15 is 0 Å². The molecule has 0 aromatic heterocycles. The normalized spacial score (nSPS) is 15.2. The van der Waals surface area contributed by atoms with E-state index in [1.165, 1.54) is 0 Å². The predicted molar refractivity (Wildman–Crippen MR) is 72.3 cm³/mol. The van der Waals surface area contributed by atoms with Crippen molar-refractivity contribution >= 4 is 0 Å². The lowest BCUT2D eigenvalue weighted by Crippen LogP contribution is -2.38. The average molecular weight is 246 g/mol. The first kappa shape index (κ1) is 16.8. The second-order valence-corrected chi connectivity index (χ2v) is 4.39. The van der Waals surface area contributed by atoms with Gasteiger partial charge in [-0.05, 0) is 26.7 Å². The first-order valence-corrected chi connectivity index (χ1v) is 6.74. The maximum atomic E-state index is 5.69. The molecular formula is C13H30N2O2. The van der Waals surface area contributed by atoms with Gasteiger partial charge in [-0.1, -0.05) is 6.92 Å². The molecule has 0 saturated heterocycles. The highest BCUT2D eigenvalue weighted by Crippen LogP contribution is 2.07. The molecule has 2 N–H and O–H groups in total. The molecule has 0 aliphatic heterocycles. The minimum Gasteiger partial charge on any atom is -0.383 e. The van der Waals surface area contributed by atoms with Gasteiger partial charge in [0.2, 0.25) is 0 Å². The van der Waals surface area contributed by atoms with Crippen LogP contribution in [0.25, 0.3) is 0 Å². The van der Waals surface area contributed by atoms with Crippen LogP contribution in [0.15, 0.2) is 0 Å². The van der Waals surface area contributed by atoms with Gasteiger partial charge in [-0.25, -0.2) is 0 Å². The molecule has 2 unspecified atom stereocenters. The SMILES string of the molecule is CCOC(CN)CCN(CCOC)C(C)CC. The van der Waals surface area contributed by atoms with Crippen LogP contribution in [0, 0.1) is 0 Å². The number of ether oxygens (including phenoxy) is 2. The van der Waals surface area contributed by atoms with Crippen LogP contribution in [0.1, 0.15) is 33.6 Å². The fourth-order valence-electron chi connectivity index (χ4n) is 1.83. The van der Waals surface area contributed by atoms with Crippen LogP contribution in [-0.4, -0.2) is 57.0 Å². The van der Waals surface area contributed by atoms with Crippen molar-refractivity contribution in [1.29, 1.82) is 0 Å². The largest absolute Gasteiger partial charge is 0.383 e. The number of hydrogen-bond donors (Lipinski definition) is 1. The Morgan fingerprint density at radius 3 is 2.41 bits per heavy atom. The molecule has 0 aliphatic carbocycles. The van der Waals surface area contributed by atoms with E-state index in [4.69, 9.17) is 15.2 Å². The zero-order chi connectivity index (χ0) is 13.1. The summed E-state index contributed by atoms with van der Waals surface area (Å²) in [6.07, 6.45) is 2.35. The summed E-state index contributed by atoms with van der Waals surface area (Å²) in [5.41, 5.74) is 5.69. The molecule has 0 amide bonds. The smallest absolute Gasteiger partial charge is 0.0709 e. The van der Waals surface area contributed by atoms with Crippen molar-refractivity contribution in [3.05, 3.63) is 0 Å². The standard InChI is InChI=1S/C13H30N2O2/c1-5-12(3)15(9-10-16-4)8-7-13(11-14)17-6-2/h12-13H,5-11,14H2,1-4H3. The summed E-state index contributed by atoms with van der Waals surface area (Å²) in [6, 6.07) is 0.588. The second kappa shape index (κ2) is 11.0. The van der Waals surface area contributed by atoms with Crippen molar-refractivity contribution in [1.82, 2.24) is 4.90 Å². The third kappa shape index (κ3) is 7.71. The highest BCUT2D eigenvalue weighted by Gasteiger charge is 2.14. The lowest BCUT2D eigenvalue weighted by atomic mass is 10.1. The van der Waals surface area contributed by atoms with Gasteiger partial charge in [-0.2, -0.15) is 0 Å². The summed E-state index contributed by atoms with van der Waals surface area (Å²) in [5, 5.41) is 0. The zero-order valence-corrected chi connectivity index (χ0v) is 11.9. The van der Waals surface area contributed by atoms with Gasteiger partial charge in [-0.15, -0.1) is 0 Å². The molecule has 0 spiro atoms. The van der Waals surface area contributed by atoms with Gasteiger partial charge in [0.15, 0.2) is 0 Å².